The molecule has 17 heteroatoms. The topological polar surface area (TPSA) is 225 Å². The second kappa shape index (κ2) is 17.0. The van der Waals surface area contributed by atoms with E-state index in [2.05, 4.69) is 15.6 Å². The van der Waals surface area contributed by atoms with Gasteiger partial charge in [-0.15, -0.1) is 0 Å². The number of hydrogen-bond acceptors (Lipinski definition) is 13. The van der Waals surface area contributed by atoms with Crippen molar-refractivity contribution < 1.29 is 41.7 Å². The molecule has 0 saturated carbocycles. The van der Waals surface area contributed by atoms with Gasteiger partial charge in [0.2, 0.25) is 0 Å². The number of ether oxygens (including phenoxy) is 3. The molecule has 278 valence electrons. The predicted octanol–water partition coefficient (Wildman–Crippen LogP) is 4.94. The van der Waals surface area contributed by atoms with E-state index < -0.39 is 32.5 Å². The summed E-state index contributed by atoms with van der Waals surface area (Å²) in [5.74, 6) is -1.22. The number of nitro benzene ring substituents is 1. The van der Waals surface area contributed by atoms with Crippen molar-refractivity contribution >= 4 is 50.5 Å². The van der Waals surface area contributed by atoms with Gasteiger partial charge in [-0.25, -0.2) is 4.79 Å². The second-order valence-corrected chi connectivity index (χ2v) is 14.4. The lowest BCUT2D eigenvalue weighted by Crippen LogP contribution is -2.31. The normalized spacial score (nSPS) is 14.4. The second-order valence-electron chi connectivity index (χ2n) is 13.0. The molecule has 0 aromatic heterocycles. The summed E-state index contributed by atoms with van der Waals surface area (Å²) in [6.45, 7) is 9.35. The fourth-order valence-electron chi connectivity index (χ4n) is 4.95. The van der Waals surface area contributed by atoms with Crippen LogP contribution < -0.4 is 16.2 Å². The van der Waals surface area contributed by atoms with E-state index in [0.29, 0.717) is 43.1 Å². The third-order valence-electron chi connectivity index (χ3n) is 7.96. The molecule has 0 saturated heterocycles. The van der Waals surface area contributed by atoms with Gasteiger partial charge in [0, 0.05) is 24.1 Å². The largest absolute Gasteiger partial charge is 0.462 e. The van der Waals surface area contributed by atoms with Crippen LogP contribution in [0.5, 0.6) is 0 Å². The first-order chi connectivity index (χ1) is 24.5. The number of esters is 1. The number of carbonyl (C=O) groups is 2. The highest BCUT2D eigenvalue weighted by Crippen LogP contribution is 2.25. The summed E-state index contributed by atoms with van der Waals surface area (Å²) in [5, 5.41) is 20.9. The van der Waals surface area contributed by atoms with Crippen molar-refractivity contribution in [3.05, 3.63) is 94.0 Å². The first kappa shape index (κ1) is 39.7. The summed E-state index contributed by atoms with van der Waals surface area (Å²) < 4.78 is 49.3. The molecule has 1 heterocycles. The quantitative estimate of drug-likeness (QED) is 0.0519. The summed E-state index contributed by atoms with van der Waals surface area (Å²) in [4.78, 5) is 36.7. The molecule has 1 aliphatic heterocycles. The molecule has 16 nitrogen and oxygen atoms in total. The number of nitrogens with zero attached hydrogens (tertiary/aromatic N) is 4. The number of hydrogen-bond donors (Lipinski definition) is 3. The Morgan fingerprint density at radius 3 is 2.10 bits per heavy atom. The first-order valence-corrected chi connectivity index (χ1v) is 17.8. The molecule has 0 fully saturated rings. The predicted molar refractivity (Wildman–Crippen MR) is 194 cm³/mol. The number of non-ortho nitro benzene ring substituents is 1. The van der Waals surface area contributed by atoms with E-state index in [9.17, 15) is 32.7 Å². The summed E-state index contributed by atoms with van der Waals surface area (Å²) in [5.41, 5.74) is 8.37. The van der Waals surface area contributed by atoms with E-state index in [1.54, 1.807) is 0 Å². The van der Waals surface area contributed by atoms with Gasteiger partial charge < -0.3 is 19.9 Å². The third kappa shape index (κ3) is 11.0. The zero-order valence-electron chi connectivity index (χ0n) is 29.3. The average molecular weight is 739 g/mol. The van der Waals surface area contributed by atoms with Crippen LogP contribution in [-0.4, -0.2) is 78.8 Å². The van der Waals surface area contributed by atoms with Crippen LogP contribution in [0.1, 0.15) is 62.9 Å². The Balaban J connectivity index is 1.41. The minimum absolute atomic E-state index is 0.0946. The van der Waals surface area contributed by atoms with Crippen LogP contribution in [0.15, 0.2) is 87.9 Å². The highest BCUT2D eigenvalue weighted by Gasteiger charge is 2.34. The lowest BCUT2D eigenvalue weighted by atomic mass is 10.0. The van der Waals surface area contributed by atoms with Gasteiger partial charge in [0.25, 0.3) is 15.8 Å². The summed E-state index contributed by atoms with van der Waals surface area (Å²) >= 11 is 0. The Morgan fingerprint density at radius 1 is 0.942 bits per heavy atom. The molecular weight excluding hydrogens is 696 g/mol. The molecular formula is C35H42N6O10S. The van der Waals surface area contributed by atoms with Crippen molar-refractivity contribution in [1.82, 2.24) is 0 Å². The van der Waals surface area contributed by atoms with Crippen molar-refractivity contribution in [3.63, 3.8) is 0 Å². The van der Waals surface area contributed by atoms with Gasteiger partial charge >= 0.3 is 11.9 Å². The maximum atomic E-state index is 13.6. The van der Waals surface area contributed by atoms with E-state index in [1.165, 1.54) is 60.7 Å². The highest BCUT2D eigenvalue weighted by molar-refractivity contribution is 7.85. The van der Waals surface area contributed by atoms with Crippen molar-refractivity contribution in [1.29, 1.82) is 0 Å². The van der Waals surface area contributed by atoms with Gasteiger partial charge in [0.05, 0.1) is 57.8 Å². The molecule has 1 aliphatic rings. The number of nitro groups is 1. The monoisotopic (exact) mass is 738 g/mol. The van der Waals surface area contributed by atoms with Crippen molar-refractivity contribution in [2.75, 3.05) is 36.8 Å². The Morgan fingerprint density at radius 2 is 1.54 bits per heavy atom. The molecule has 1 amide bonds. The average Bonchev–Trinajstić information content (AvgIpc) is 3.43. The molecule has 4 N–H and O–H groups in total. The van der Waals surface area contributed by atoms with Crippen LogP contribution in [0.4, 0.5) is 17.1 Å². The van der Waals surface area contributed by atoms with Gasteiger partial charge in [-0.05, 0) is 108 Å². The Hall–Kier alpha value is -5.07. The van der Waals surface area contributed by atoms with Crippen molar-refractivity contribution in [2.24, 2.45) is 15.9 Å². The van der Waals surface area contributed by atoms with E-state index in [1.807, 2.05) is 27.7 Å². The Kier molecular flexibility index (Phi) is 13.0. The molecule has 0 spiro atoms. The Labute approximate surface area is 301 Å². The molecule has 0 radical (unpaired) electrons. The zero-order chi connectivity index (χ0) is 38.1. The number of carbonyl (C=O) groups excluding carboxylic acids is 2. The van der Waals surface area contributed by atoms with Gasteiger partial charge in [0.15, 0.2) is 5.71 Å². The number of anilines is 2. The fourth-order valence-corrected chi connectivity index (χ4v) is 5.43. The standard InChI is InChI=1S/C35H42N6O10S/c1-34(2,18-5-20-36)50-22-23-51-35(3,4)19-21-49-33(43)25-8-12-27(13-9-25)40-32(42)31(30(39-40)24-6-14-28(15-7-24)41(44)45)38-37-26-10-16-29(17-11-26)52(46,47)48/h6-17,37H,5,18-23,36H2,1-4H3,(H,46,47,48)/b38-31-. The van der Waals surface area contributed by atoms with Crippen LogP contribution >= 0.6 is 0 Å². The zero-order valence-corrected chi connectivity index (χ0v) is 30.1. The minimum Gasteiger partial charge on any atom is -0.462 e. The molecule has 4 rings (SSSR count). The van der Waals surface area contributed by atoms with E-state index in [0.717, 1.165) is 30.0 Å². The fraction of sp³-hybridized carbons (Fsp3) is 0.371. The van der Waals surface area contributed by atoms with Crippen LogP contribution in [0.25, 0.3) is 0 Å². The van der Waals surface area contributed by atoms with Crippen molar-refractivity contribution in [2.45, 2.75) is 63.1 Å². The Bertz CT molecular complexity index is 1910. The number of rotatable bonds is 18. The number of nitrogens with one attached hydrogen (secondary N) is 1. The molecule has 3 aromatic carbocycles. The highest BCUT2D eigenvalue weighted by atomic mass is 32.2. The lowest BCUT2D eigenvalue weighted by Gasteiger charge is -2.28. The molecule has 0 aliphatic carbocycles. The first-order valence-electron chi connectivity index (χ1n) is 16.3. The van der Waals surface area contributed by atoms with Crippen molar-refractivity contribution in [3.8, 4) is 0 Å². The third-order valence-corrected chi connectivity index (χ3v) is 8.82. The maximum absolute atomic E-state index is 13.6. The van der Waals surface area contributed by atoms with Crippen LogP contribution in [0.3, 0.4) is 0 Å². The molecule has 3 aromatic rings. The number of amides is 1. The van der Waals surface area contributed by atoms with E-state index in [-0.39, 0.29) is 39.8 Å². The van der Waals surface area contributed by atoms with Gasteiger partial charge in [0.1, 0.15) is 5.71 Å². The van der Waals surface area contributed by atoms with Crippen LogP contribution in [0.2, 0.25) is 0 Å². The maximum Gasteiger partial charge on any atom is 0.338 e. The van der Waals surface area contributed by atoms with E-state index >= 15 is 0 Å². The van der Waals surface area contributed by atoms with Gasteiger partial charge in [-0.3, -0.25) is 24.9 Å². The summed E-state index contributed by atoms with van der Waals surface area (Å²) in [6, 6.07) is 16.3. The molecule has 52 heavy (non-hydrogen) atoms. The smallest absolute Gasteiger partial charge is 0.338 e. The van der Waals surface area contributed by atoms with Gasteiger partial charge in [-0.1, -0.05) is 0 Å². The van der Waals surface area contributed by atoms with E-state index in [4.69, 9.17) is 19.9 Å². The summed E-state index contributed by atoms with van der Waals surface area (Å²) in [6.07, 6.45) is 2.17. The minimum atomic E-state index is -4.41. The number of hydrazone groups is 2. The SMILES string of the molecule is CC(C)(CCCN)OCCOC(C)(C)CCOC(=O)c1ccc(N2N=C(c3ccc([N+](=O)[O-])cc3)/C(=N/Nc3ccc(S(=O)(=O)O)cc3)C2=O)cc1. The molecule has 0 atom stereocenters. The molecule has 0 unspecified atom stereocenters. The lowest BCUT2D eigenvalue weighted by molar-refractivity contribution is -0.384. The van der Waals surface area contributed by atoms with Gasteiger partial charge in [-0.2, -0.15) is 23.6 Å². The van der Waals surface area contributed by atoms with Crippen LogP contribution in [-0.2, 0) is 29.1 Å². The molecule has 0 bridgehead atoms. The number of benzene rings is 3. The summed E-state index contributed by atoms with van der Waals surface area (Å²) in [7, 11) is -4.41. The number of nitrogens with two attached hydrogens (primary N) is 1. The van der Waals surface area contributed by atoms with Crippen LogP contribution in [0, 0.1) is 10.1 Å².